The van der Waals surface area contributed by atoms with E-state index in [-0.39, 0.29) is 18.5 Å². The molecular formula is C15H19N4O6P. The van der Waals surface area contributed by atoms with Crippen molar-refractivity contribution < 1.29 is 22.9 Å². The van der Waals surface area contributed by atoms with E-state index in [1.54, 1.807) is 6.92 Å². The predicted molar refractivity (Wildman–Crippen MR) is 87.7 cm³/mol. The summed E-state index contributed by atoms with van der Waals surface area (Å²) in [7, 11) is -3.79. The summed E-state index contributed by atoms with van der Waals surface area (Å²) in [5, 5.41) is 9.81. The number of aromatic nitrogens is 2. The molecule has 2 unspecified atom stereocenters. The third-order valence-corrected chi connectivity index (χ3v) is 6.57. The molecule has 2 N–H and O–H groups in total. The lowest BCUT2D eigenvalue weighted by atomic mass is 9.84. The molecule has 1 aliphatic carbocycles. The molecule has 11 heteroatoms. The fraction of sp³-hybridized carbons (Fsp3) is 0.667. The van der Waals surface area contributed by atoms with E-state index >= 15 is 0 Å². The Morgan fingerprint density at radius 3 is 2.92 bits per heavy atom. The molecule has 0 radical (unpaired) electrons. The van der Waals surface area contributed by atoms with Crippen molar-refractivity contribution in [2.24, 2.45) is 5.41 Å². The van der Waals surface area contributed by atoms with Crippen molar-refractivity contribution in [3.63, 3.8) is 0 Å². The summed E-state index contributed by atoms with van der Waals surface area (Å²) in [6, 6.07) is 3.59. The lowest BCUT2D eigenvalue weighted by Gasteiger charge is -2.37. The van der Waals surface area contributed by atoms with E-state index in [9.17, 15) is 14.6 Å². The minimum atomic E-state index is -3.79. The molecule has 3 fully saturated rings. The zero-order valence-electron chi connectivity index (χ0n) is 14.1. The van der Waals surface area contributed by atoms with E-state index in [1.165, 1.54) is 16.8 Å². The Labute approximate surface area is 149 Å². The van der Waals surface area contributed by atoms with Crippen LogP contribution in [0.4, 0.5) is 5.82 Å². The first kappa shape index (κ1) is 17.6. The Balaban J connectivity index is 1.64. The molecule has 140 valence electrons. The molecule has 1 aromatic heterocycles. The summed E-state index contributed by atoms with van der Waals surface area (Å²) in [5.74, 6) is 0.0679. The van der Waals surface area contributed by atoms with E-state index in [2.05, 4.69) is 11.1 Å². The second-order valence-electron chi connectivity index (χ2n) is 6.89. The third kappa shape index (κ3) is 2.76. The maximum Gasteiger partial charge on any atom is 0.475 e. The highest BCUT2D eigenvalue weighted by Gasteiger charge is 2.61. The van der Waals surface area contributed by atoms with Crippen molar-refractivity contribution in [2.45, 2.75) is 50.7 Å². The zero-order valence-corrected chi connectivity index (χ0v) is 15.0. The fourth-order valence-electron chi connectivity index (χ4n) is 3.33. The van der Waals surface area contributed by atoms with Crippen LogP contribution in [-0.2, 0) is 22.9 Å². The lowest BCUT2D eigenvalue weighted by molar-refractivity contribution is -0.0799. The molecule has 4 rings (SSSR count). The highest BCUT2D eigenvalue weighted by atomic mass is 31.2. The number of rotatable bonds is 3. The van der Waals surface area contributed by atoms with Crippen LogP contribution in [-0.4, -0.2) is 34.5 Å². The van der Waals surface area contributed by atoms with Crippen LogP contribution in [0.3, 0.4) is 0 Å². The molecule has 0 amide bonds. The van der Waals surface area contributed by atoms with Crippen LogP contribution < -0.4 is 11.4 Å². The van der Waals surface area contributed by atoms with Crippen molar-refractivity contribution in [3.8, 4) is 6.07 Å². The Hall–Kier alpha value is -1.76. The molecule has 5 atom stereocenters. The first-order valence-electron chi connectivity index (χ1n) is 8.37. The number of fused-ring (bicyclic) bond motifs is 1. The summed E-state index contributed by atoms with van der Waals surface area (Å²) in [5.41, 5.74) is 3.57. The van der Waals surface area contributed by atoms with Crippen LogP contribution in [0.1, 0.15) is 32.4 Å². The van der Waals surface area contributed by atoms with Gasteiger partial charge in [-0.25, -0.2) is 9.36 Å². The second kappa shape index (κ2) is 6.15. The monoisotopic (exact) mass is 382 g/mol. The molecule has 0 aromatic carbocycles. The van der Waals surface area contributed by atoms with Crippen LogP contribution in [0.15, 0.2) is 17.1 Å². The molecule has 1 saturated carbocycles. The van der Waals surface area contributed by atoms with E-state index < -0.39 is 37.4 Å². The minimum absolute atomic E-state index is 0.0560. The van der Waals surface area contributed by atoms with Crippen LogP contribution in [0.5, 0.6) is 0 Å². The average molecular weight is 382 g/mol. The minimum Gasteiger partial charge on any atom is -0.383 e. The van der Waals surface area contributed by atoms with Gasteiger partial charge in [-0.2, -0.15) is 10.2 Å². The number of phosphoric ester groups is 1. The summed E-state index contributed by atoms with van der Waals surface area (Å²) in [6.45, 7) is 1.53. The van der Waals surface area contributed by atoms with E-state index in [0.717, 1.165) is 19.3 Å². The SMILES string of the molecule is C[C@]1(C#N)C(n2ccc(N)nc2=O)O[C@@H]2COP(=O)(OC3CCC3)O[C@H]21. The number of phosphoric acid groups is 1. The van der Waals surface area contributed by atoms with Crippen molar-refractivity contribution in [3.05, 3.63) is 22.7 Å². The Kier molecular flexibility index (Phi) is 4.17. The number of nitrogens with two attached hydrogens (primary N) is 1. The number of anilines is 1. The molecule has 0 bridgehead atoms. The first-order valence-corrected chi connectivity index (χ1v) is 9.83. The average Bonchev–Trinajstić information content (AvgIpc) is 2.84. The van der Waals surface area contributed by atoms with Gasteiger partial charge in [0.2, 0.25) is 0 Å². The van der Waals surface area contributed by atoms with Gasteiger partial charge in [0.15, 0.2) is 6.23 Å². The maximum atomic E-state index is 12.8. The van der Waals surface area contributed by atoms with Gasteiger partial charge in [-0.15, -0.1) is 0 Å². The first-order chi connectivity index (χ1) is 12.3. The van der Waals surface area contributed by atoms with Crippen molar-refractivity contribution in [1.82, 2.24) is 9.55 Å². The quantitative estimate of drug-likeness (QED) is 0.767. The van der Waals surface area contributed by atoms with Crippen LogP contribution >= 0.6 is 7.82 Å². The summed E-state index contributed by atoms with van der Waals surface area (Å²) >= 11 is 0. The number of nitrogen functional groups attached to an aromatic ring is 1. The number of ether oxygens (including phenoxy) is 1. The van der Waals surface area contributed by atoms with Gasteiger partial charge >= 0.3 is 13.5 Å². The predicted octanol–water partition coefficient (Wildman–Crippen LogP) is 1.35. The Bertz CT molecular complexity index is 864. The van der Waals surface area contributed by atoms with E-state index in [4.69, 9.17) is 24.0 Å². The van der Waals surface area contributed by atoms with E-state index in [0.29, 0.717) is 0 Å². The molecule has 26 heavy (non-hydrogen) atoms. The van der Waals surface area contributed by atoms with Gasteiger partial charge in [0.1, 0.15) is 23.4 Å². The van der Waals surface area contributed by atoms with Gasteiger partial charge in [0.05, 0.1) is 18.8 Å². The molecular weight excluding hydrogens is 363 g/mol. The number of nitriles is 1. The molecule has 2 saturated heterocycles. The van der Waals surface area contributed by atoms with Crippen LogP contribution in [0.25, 0.3) is 0 Å². The standard InChI is InChI=1S/C15H19N4O6P/c1-15(8-16)12-10(7-22-26(21,25-12)24-9-3-2-4-9)23-13(15)19-6-5-11(17)18-14(19)20/h5-6,9-10,12-13H,2-4,7H2,1H3,(H2,17,18,20)/t10-,12-,13?,15-,26?/m1/s1. The van der Waals surface area contributed by atoms with Gasteiger partial charge in [-0.05, 0) is 32.3 Å². The van der Waals surface area contributed by atoms with Gasteiger partial charge in [-0.3, -0.25) is 18.1 Å². The molecule has 1 aromatic rings. The largest absolute Gasteiger partial charge is 0.475 e. The Morgan fingerprint density at radius 1 is 1.54 bits per heavy atom. The third-order valence-electron chi connectivity index (χ3n) is 5.06. The maximum absolute atomic E-state index is 12.8. The van der Waals surface area contributed by atoms with Gasteiger partial charge in [-0.1, -0.05) is 0 Å². The molecule has 0 spiro atoms. The van der Waals surface area contributed by atoms with Crippen molar-refractivity contribution >= 4 is 13.6 Å². The molecule has 2 aliphatic heterocycles. The van der Waals surface area contributed by atoms with Gasteiger partial charge in [0.25, 0.3) is 0 Å². The van der Waals surface area contributed by atoms with Crippen molar-refractivity contribution in [2.75, 3.05) is 12.3 Å². The number of hydrogen-bond acceptors (Lipinski definition) is 9. The summed E-state index contributed by atoms with van der Waals surface area (Å²) < 4.78 is 36.3. The molecule has 3 aliphatic rings. The number of hydrogen-bond donors (Lipinski definition) is 1. The summed E-state index contributed by atoms with van der Waals surface area (Å²) in [6.07, 6.45) is 1.33. The van der Waals surface area contributed by atoms with Gasteiger partial charge in [0, 0.05) is 6.20 Å². The Morgan fingerprint density at radius 2 is 2.31 bits per heavy atom. The van der Waals surface area contributed by atoms with E-state index in [1.807, 2.05) is 0 Å². The topological polar surface area (TPSA) is 139 Å². The lowest BCUT2D eigenvalue weighted by Crippen LogP contribution is -2.43. The molecule has 10 nitrogen and oxygen atoms in total. The number of nitrogens with zero attached hydrogens (tertiary/aromatic N) is 3. The smallest absolute Gasteiger partial charge is 0.383 e. The van der Waals surface area contributed by atoms with Crippen molar-refractivity contribution in [1.29, 1.82) is 5.26 Å². The highest BCUT2D eigenvalue weighted by molar-refractivity contribution is 7.48. The highest BCUT2D eigenvalue weighted by Crippen LogP contribution is 2.62. The van der Waals surface area contributed by atoms with Gasteiger partial charge < -0.3 is 10.5 Å². The fourth-order valence-corrected chi connectivity index (χ4v) is 5.04. The second-order valence-corrected chi connectivity index (χ2v) is 8.47. The summed E-state index contributed by atoms with van der Waals surface area (Å²) in [4.78, 5) is 15.9. The van der Waals surface area contributed by atoms with Crippen LogP contribution in [0, 0.1) is 16.7 Å². The normalized spacial score (nSPS) is 39.8. The zero-order chi connectivity index (χ0) is 18.5. The molecule has 3 heterocycles. The van der Waals surface area contributed by atoms with Crippen LogP contribution in [0.2, 0.25) is 0 Å².